The van der Waals surface area contributed by atoms with Gasteiger partial charge in [-0.1, -0.05) is 0 Å². The monoisotopic (exact) mass is 391 g/mol. The van der Waals surface area contributed by atoms with E-state index < -0.39 is 10.0 Å². The molecule has 1 saturated heterocycles. The Kier molecular flexibility index (Phi) is 6.18. The van der Waals surface area contributed by atoms with E-state index in [0.717, 1.165) is 31.6 Å². The van der Waals surface area contributed by atoms with Gasteiger partial charge >= 0.3 is 0 Å². The first kappa shape index (κ1) is 19.4. The summed E-state index contributed by atoms with van der Waals surface area (Å²) in [7, 11) is -0.724. The van der Waals surface area contributed by atoms with E-state index >= 15 is 0 Å². The molecule has 146 valence electrons. The van der Waals surface area contributed by atoms with Crippen LogP contribution in [0.15, 0.2) is 47.6 Å². The molecule has 0 saturated carbocycles. The molecule has 0 radical (unpaired) electrons. The molecule has 1 fully saturated rings. The first-order chi connectivity index (χ1) is 13.0. The second-order valence-corrected chi connectivity index (χ2v) is 8.25. The van der Waals surface area contributed by atoms with Crippen molar-refractivity contribution in [1.29, 1.82) is 0 Å². The van der Waals surface area contributed by atoms with Crippen LogP contribution in [0.3, 0.4) is 0 Å². The fraction of sp³-hybridized carbons (Fsp3) is 0.421. The van der Waals surface area contributed by atoms with Crippen molar-refractivity contribution in [3.63, 3.8) is 0 Å². The van der Waals surface area contributed by atoms with Crippen LogP contribution in [0.5, 0.6) is 11.5 Å². The van der Waals surface area contributed by atoms with E-state index in [-0.39, 0.29) is 4.90 Å². The molecule has 0 amide bonds. The van der Waals surface area contributed by atoms with Gasteiger partial charge in [-0.05, 0) is 43.0 Å². The summed E-state index contributed by atoms with van der Waals surface area (Å²) in [5, 5.41) is 0. The van der Waals surface area contributed by atoms with Crippen LogP contribution in [0.25, 0.3) is 0 Å². The zero-order valence-corrected chi connectivity index (χ0v) is 16.4. The van der Waals surface area contributed by atoms with Gasteiger partial charge in [0.15, 0.2) is 0 Å². The second kappa shape index (κ2) is 8.58. The van der Waals surface area contributed by atoms with Crippen molar-refractivity contribution in [3.05, 3.63) is 42.7 Å². The van der Waals surface area contributed by atoms with Crippen LogP contribution in [0.2, 0.25) is 0 Å². The van der Waals surface area contributed by atoms with Gasteiger partial charge in [-0.15, -0.1) is 0 Å². The summed E-state index contributed by atoms with van der Waals surface area (Å²) in [6, 6.07) is 8.72. The van der Waals surface area contributed by atoms with E-state index in [1.165, 1.54) is 20.3 Å². The molecule has 1 aliphatic rings. The number of pyridine rings is 1. The fourth-order valence-corrected chi connectivity index (χ4v) is 4.53. The lowest BCUT2D eigenvalue weighted by Crippen LogP contribution is -2.38. The van der Waals surface area contributed by atoms with Gasteiger partial charge in [-0.25, -0.2) is 13.1 Å². The van der Waals surface area contributed by atoms with Crippen LogP contribution >= 0.6 is 0 Å². The summed E-state index contributed by atoms with van der Waals surface area (Å²) in [5.41, 5.74) is 1.11. The maximum atomic E-state index is 12.7. The molecule has 0 bridgehead atoms. The number of anilines is 1. The van der Waals surface area contributed by atoms with Crippen LogP contribution < -0.4 is 19.1 Å². The third-order valence-corrected chi connectivity index (χ3v) is 6.29. The highest BCUT2D eigenvalue weighted by Crippen LogP contribution is 2.28. The number of rotatable bonds is 7. The third-order valence-electron chi connectivity index (χ3n) is 4.85. The molecule has 7 nitrogen and oxygen atoms in total. The Morgan fingerprint density at radius 1 is 1.19 bits per heavy atom. The Bertz CT molecular complexity index is 851. The van der Waals surface area contributed by atoms with E-state index in [1.54, 1.807) is 18.3 Å². The number of methoxy groups -OCH3 is 2. The number of piperidine rings is 1. The molecule has 0 unspecified atom stereocenters. The van der Waals surface area contributed by atoms with Crippen molar-refractivity contribution in [3.8, 4) is 11.5 Å². The molecule has 1 aromatic carbocycles. The summed E-state index contributed by atoms with van der Waals surface area (Å²) in [4.78, 5) is 6.53. The van der Waals surface area contributed by atoms with Crippen LogP contribution in [0.4, 0.5) is 5.69 Å². The number of sulfonamides is 1. The van der Waals surface area contributed by atoms with Crippen molar-refractivity contribution in [2.75, 3.05) is 38.8 Å². The molecule has 1 N–H and O–H groups in total. The van der Waals surface area contributed by atoms with E-state index in [1.807, 2.05) is 18.3 Å². The molecule has 2 aromatic rings. The highest BCUT2D eigenvalue weighted by molar-refractivity contribution is 7.89. The molecule has 2 heterocycles. The molecular formula is C19H25N3O4S. The minimum atomic E-state index is -3.68. The van der Waals surface area contributed by atoms with E-state index in [4.69, 9.17) is 9.47 Å². The second-order valence-electron chi connectivity index (χ2n) is 6.51. The predicted molar refractivity (Wildman–Crippen MR) is 104 cm³/mol. The molecule has 27 heavy (non-hydrogen) atoms. The lowest BCUT2D eigenvalue weighted by molar-refractivity contribution is 0.389. The van der Waals surface area contributed by atoms with E-state index in [9.17, 15) is 8.42 Å². The topological polar surface area (TPSA) is 80.8 Å². The number of ether oxygens (including phenoxy) is 2. The fourth-order valence-electron chi connectivity index (χ4n) is 3.24. The van der Waals surface area contributed by atoms with Gasteiger partial charge in [0.1, 0.15) is 16.4 Å². The Balaban J connectivity index is 1.60. The van der Waals surface area contributed by atoms with Crippen molar-refractivity contribution < 1.29 is 17.9 Å². The molecule has 1 aliphatic heterocycles. The highest BCUT2D eigenvalue weighted by Gasteiger charge is 2.24. The van der Waals surface area contributed by atoms with Gasteiger partial charge in [0.05, 0.1) is 26.1 Å². The number of nitrogens with zero attached hydrogens (tertiary/aromatic N) is 2. The first-order valence-electron chi connectivity index (χ1n) is 8.90. The zero-order valence-electron chi connectivity index (χ0n) is 15.6. The van der Waals surface area contributed by atoms with E-state index in [2.05, 4.69) is 14.6 Å². The molecule has 1 aromatic heterocycles. The molecule has 0 aliphatic carbocycles. The quantitative estimate of drug-likeness (QED) is 0.780. The largest absolute Gasteiger partial charge is 0.497 e. The molecular weight excluding hydrogens is 366 g/mol. The standard InChI is InChI=1S/C19H25N3O4S/c1-25-17-5-6-18(26-2)19(12-17)27(23,24)21-13-15-7-10-22(11-8-15)16-4-3-9-20-14-16/h3-6,9,12,14-15,21H,7-8,10-11,13H2,1-2H3. The number of hydrogen-bond donors (Lipinski definition) is 1. The van der Waals surface area contributed by atoms with Gasteiger partial charge in [-0.2, -0.15) is 0 Å². The van der Waals surface area contributed by atoms with Gasteiger partial charge in [0.2, 0.25) is 10.0 Å². The summed E-state index contributed by atoms with van der Waals surface area (Å²) in [6.45, 7) is 2.19. The Morgan fingerprint density at radius 3 is 2.59 bits per heavy atom. The number of benzene rings is 1. The average molecular weight is 391 g/mol. The minimum absolute atomic E-state index is 0.0946. The number of nitrogens with one attached hydrogen (secondary N) is 1. The first-order valence-corrected chi connectivity index (χ1v) is 10.4. The summed E-state index contributed by atoms with van der Waals surface area (Å²) in [5.74, 6) is 1.07. The highest BCUT2D eigenvalue weighted by atomic mass is 32.2. The zero-order chi connectivity index (χ0) is 19.3. The van der Waals surface area contributed by atoms with Crippen LogP contribution in [-0.4, -0.2) is 47.3 Å². The minimum Gasteiger partial charge on any atom is -0.497 e. The van der Waals surface area contributed by atoms with Crippen molar-refractivity contribution >= 4 is 15.7 Å². The molecule has 3 rings (SSSR count). The van der Waals surface area contributed by atoms with Crippen molar-refractivity contribution in [2.45, 2.75) is 17.7 Å². The van der Waals surface area contributed by atoms with E-state index in [0.29, 0.717) is 24.0 Å². The maximum Gasteiger partial charge on any atom is 0.244 e. The number of aromatic nitrogens is 1. The van der Waals surface area contributed by atoms with Crippen molar-refractivity contribution in [1.82, 2.24) is 9.71 Å². The van der Waals surface area contributed by atoms with Crippen molar-refractivity contribution in [2.24, 2.45) is 5.92 Å². The summed E-state index contributed by atoms with van der Waals surface area (Å²) in [6.07, 6.45) is 5.47. The van der Waals surface area contributed by atoms with Crippen LogP contribution in [0, 0.1) is 5.92 Å². The normalized spacial score (nSPS) is 15.6. The van der Waals surface area contributed by atoms with Gasteiger partial charge < -0.3 is 14.4 Å². The molecule has 0 spiro atoms. The third kappa shape index (κ3) is 4.70. The predicted octanol–water partition coefficient (Wildman–Crippen LogP) is 2.29. The lowest BCUT2D eigenvalue weighted by atomic mass is 9.97. The maximum absolute atomic E-state index is 12.7. The van der Waals surface area contributed by atoms with Gasteiger partial charge in [-0.3, -0.25) is 4.98 Å². The van der Waals surface area contributed by atoms with Crippen LogP contribution in [-0.2, 0) is 10.0 Å². The molecule has 0 atom stereocenters. The smallest absolute Gasteiger partial charge is 0.244 e. The Hall–Kier alpha value is -2.32. The number of hydrogen-bond acceptors (Lipinski definition) is 6. The lowest BCUT2D eigenvalue weighted by Gasteiger charge is -2.33. The average Bonchev–Trinajstić information content (AvgIpc) is 2.73. The Morgan fingerprint density at radius 2 is 1.96 bits per heavy atom. The summed E-state index contributed by atoms with van der Waals surface area (Å²) >= 11 is 0. The van der Waals surface area contributed by atoms with Crippen LogP contribution in [0.1, 0.15) is 12.8 Å². The SMILES string of the molecule is COc1ccc(OC)c(S(=O)(=O)NCC2CCN(c3cccnc3)CC2)c1. The summed E-state index contributed by atoms with van der Waals surface area (Å²) < 4.78 is 38.6. The van der Waals surface area contributed by atoms with Gasteiger partial charge in [0, 0.05) is 31.9 Å². The Labute approximate surface area is 160 Å². The van der Waals surface area contributed by atoms with Gasteiger partial charge in [0.25, 0.3) is 0 Å². The molecule has 8 heteroatoms.